The summed E-state index contributed by atoms with van der Waals surface area (Å²) in [6.07, 6.45) is 1.40. The van der Waals surface area contributed by atoms with Gasteiger partial charge in [0.2, 0.25) is 0 Å². The summed E-state index contributed by atoms with van der Waals surface area (Å²) in [7, 11) is 0. The molecule has 1 fully saturated rings. The second-order valence-corrected chi connectivity index (χ2v) is 3.61. The number of carbonyl (C=O) groups is 2. The predicted octanol–water partition coefficient (Wildman–Crippen LogP) is 1.17. The Bertz CT molecular complexity index is 242. The zero-order chi connectivity index (χ0) is 11.3. The number of carbonyl (C=O) groups excluding carboxylic acids is 2. The number of esters is 1. The van der Waals surface area contributed by atoms with Gasteiger partial charge in [-0.25, -0.2) is 4.79 Å². The van der Waals surface area contributed by atoms with E-state index in [2.05, 4.69) is 6.92 Å². The zero-order valence-corrected chi connectivity index (χ0v) is 9.19. The van der Waals surface area contributed by atoms with E-state index in [1.54, 1.807) is 4.90 Å². The molecular weight excluding hydrogens is 198 g/mol. The van der Waals surface area contributed by atoms with Crippen molar-refractivity contribution >= 4 is 12.1 Å². The van der Waals surface area contributed by atoms with Gasteiger partial charge in [0, 0.05) is 13.5 Å². The molecule has 86 valence electrons. The van der Waals surface area contributed by atoms with E-state index in [0.29, 0.717) is 13.1 Å². The maximum atomic E-state index is 11.3. The summed E-state index contributed by atoms with van der Waals surface area (Å²) in [5.41, 5.74) is 0. The van der Waals surface area contributed by atoms with Crippen LogP contribution in [0.3, 0.4) is 0 Å². The Labute approximate surface area is 89.3 Å². The molecule has 1 aliphatic rings. The van der Waals surface area contributed by atoms with E-state index in [0.717, 1.165) is 12.8 Å². The lowest BCUT2D eigenvalue weighted by Gasteiger charge is -2.11. The van der Waals surface area contributed by atoms with Gasteiger partial charge in [0.05, 0.1) is 6.54 Å². The average molecular weight is 215 g/mol. The summed E-state index contributed by atoms with van der Waals surface area (Å²) in [5.74, 6) is -0.349. The highest BCUT2D eigenvalue weighted by atomic mass is 16.6. The first kappa shape index (κ1) is 11.8. The molecule has 0 saturated carbocycles. The van der Waals surface area contributed by atoms with Gasteiger partial charge >= 0.3 is 12.1 Å². The van der Waals surface area contributed by atoms with Crippen LogP contribution in [0.4, 0.5) is 4.79 Å². The SMILES string of the molecule is CCCCN1CC(COC(C)=O)OC1=O. The van der Waals surface area contributed by atoms with E-state index >= 15 is 0 Å². The number of ether oxygens (including phenoxy) is 2. The number of rotatable bonds is 5. The lowest BCUT2D eigenvalue weighted by molar-refractivity contribution is -0.143. The van der Waals surface area contributed by atoms with Gasteiger partial charge in [-0.15, -0.1) is 0 Å². The highest BCUT2D eigenvalue weighted by Gasteiger charge is 2.31. The molecule has 0 spiro atoms. The van der Waals surface area contributed by atoms with Gasteiger partial charge in [0.25, 0.3) is 0 Å². The molecule has 0 aliphatic carbocycles. The van der Waals surface area contributed by atoms with Crippen LogP contribution in [-0.2, 0) is 14.3 Å². The normalized spacial score (nSPS) is 20.3. The fourth-order valence-corrected chi connectivity index (χ4v) is 1.40. The molecule has 1 unspecified atom stereocenters. The fourth-order valence-electron chi connectivity index (χ4n) is 1.40. The minimum atomic E-state index is -0.349. The topological polar surface area (TPSA) is 55.8 Å². The van der Waals surface area contributed by atoms with Crippen molar-refractivity contribution in [2.24, 2.45) is 0 Å². The van der Waals surface area contributed by atoms with Crippen molar-refractivity contribution in [3.8, 4) is 0 Å². The van der Waals surface area contributed by atoms with E-state index in [1.807, 2.05) is 0 Å². The largest absolute Gasteiger partial charge is 0.462 e. The standard InChI is InChI=1S/C10H17NO4/c1-3-4-5-11-6-9(15-10(11)13)7-14-8(2)12/h9H,3-7H2,1-2H3. The zero-order valence-electron chi connectivity index (χ0n) is 9.19. The maximum Gasteiger partial charge on any atom is 0.410 e. The Kier molecular flexibility index (Phi) is 4.39. The third-order valence-corrected chi connectivity index (χ3v) is 2.20. The number of nitrogens with zero attached hydrogens (tertiary/aromatic N) is 1. The molecule has 1 amide bonds. The highest BCUT2D eigenvalue weighted by molar-refractivity contribution is 5.70. The van der Waals surface area contributed by atoms with Crippen molar-refractivity contribution in [3.05, 3.63) is 0 Å². The Morgan fingerprint density at radius 1 is 1.67 bits per heavy atom. The van der Waals surface area contributed by atoms with E-state index in [1.165, 1.54) is 6.92 Å². The van der Waals surface area contributed by atoms with Crippen molar-refractivity contribution in [2.45, 2.75) is 32.8 Å². The summed E-state index contributed by atoms with van der Waals surface area (Å²) in [5, 5.41) is 0. The fraction of sp³-hybridized carbons (Fsp3) is 0.800. The molecule has 0 aromatic rings. The number of hydrogen-bond donors (Lipinski definition) is 0. The lowest BCUT2D eigenvalue weighted by Crippen LogP contribution is -2.27. The number of unbranched alkanes of at least 4 members (excludes halogenated alkanes) is 1. The van der Waals surface area contributed by atoms with E-state index < -0.39 is 0 Å². The molecule has 1 heterocycles. The number of cyclic esters (lactones) is 1. The number of hydrogen-bond acceptors (Lipinski definition) is 4. The Morgan fingerprint density at radius 3 is 3.00 bits per heavy atom. The average Bonchev–Trinajstić information content (AvgIpc) is 2.53. The van der Waals surface area contributed by atoms with E-state index in [-0.39, 0.29) is 24.8 Å². The molecular formula is C10H17NO4. The lowest BCUT2D eigenvalue weighted by atomic mass is 10.3. The molecule has 1 rings (SSSR count). The molecule has 0 aromatic carbocycles. The Hall–Kier alpha value is -1.26. The van der Waals surface area contributed by atoms with Crippen molar-refractivity contribution in [2.75, 3.05) is 19.7 Å². The van der Waals surface area contributed by atoms with Crippen molar-refractivity contribution in [3.63, 3.8) is 0 Å². The molecule has 1 aliphatic heterocycles. The second-order valence-electron chi connectivity index (χ2n) is 3.61. The first-order valence-electron chi connectivity index (χ1n) is 5.22. The van der Waals surface area contributed by atoms with Crippen molar-refractivity contribution < 1.29 is 19.1 Å². The third kappa shape index (κ3) is 3.77. The predicted molar refractivity (Wildman–Crippen MR) is 53.4 cm³/mol. The molecule has 15 heavy (non-hydrogen) atoms. The van der Waals surface area contributed by atoms with Crippen LogP contribution in [0.1, 0.15) is 26.7 Å². The summed E-state index contributed by atoms with van der Waals surface area (Å²) >= 11 is 0. The van der Waals surface area contributed by atoms with E-state index in [4.69, 9.17) is 9.47 Å². The highest BCUT2D eigenvalue weighted by Crippen LogP contribution is 2.12. The van der Waals surface area contributed by atoms with Crippen LogP contribution in [0.25, 0.3) is 0 Å². The molecule has 0 bridgehead atoms. The summed E-state index contributed by atoms with van der Waals surface area (Å²) in [6, 6.07) is 0. The smallest absolute Gasteiger partial charge is 0.410 e. The quantitative estimate of drug-likeness (QED) is 0.646. The van der Waals surface area contributed by atoms with E-state index in [9.17, 15) is 9.59 Å². The van der Waals surface area contributed by atoms with Gasteiger partial charge in [-0.1, -0.05) is 13.3 Å². The summed E-state index contributed by atoms with van der Waals surface area (Å²) < 4.78 is 9.82. The third-order valence-electron chi connectivity index (χ3n) is 2.20. The Morgan fingerprint density at radius 2 is 2.40 bits per heavy atom. The molecule has 5 nitrogen and oxygen atoms in total. The minimum absolute atomic E-state index is 0.156. The Balaban J connectivity index is 2.28. The molecule has 1 saturated heterocycles. The second kappa shape index (κ2) is 5.58. The van der Waals surface area contributed by atoms with Gasteiger partial charge in [-0.05, 0) is 6.42 Å². The van der Waals surface area contributed by atoms with Crippen LogP contribution in [0, 0.1) is 0 Å². The van der Waals surface area contributed by atoms with Gasteiger partial charge < -0.3 is 14.4 Å². The maximum absolute atomic E-state index is 11.3. The van der Waals surface area contributed by atoms with Gasteiger partial charge in [0.1, 0.15) is 6.61 Å². The summed E-state index contributed by atoms with van der Waals surface area (Å²) in [4.78, 5) is 23.5. The molecule has 0 radical (unpaired) electrons. The summed E-state index contributed by atoms with van der Waals surface area (Å²) in [6.45, 7) is 4.80. The van der Waals surface area contributed by atoms with Crippen LogP contribution in [0.5, 0.6) is 0 Å². The molecule has 0 N–H and O–H groups in total. The first-order valence-corrected chi connectivity index (χ1v) is 5.22. The van der Waals surface area contributed by atoms with Gasteiger partial charge in [-0.2, -0.15) is 0 Å². The van der Waals surface area contributed by atoms with Crippen LogP contribution in [-0.4, -0.2) is 42.8 Å². The monoisotopic (exact) mass is 215 g/mol. The minimum Gasteiger partial charge on any atom is -0.462 e. The molecule has 1 atom stereocenters. The van der Waals surface area contributed by atoms with Crippen LogP contribution >= 0.6 is 0 Å². The molecule has 5 heteroatoms. The molecule has 0 aromatic heterocycles. The number of amides is 1. The first-order chi connectivity index (χ1) is 7.13. The van der Waals surface area contributed by atoms with Crippen LogP contribution in [0.15, 0.2) is 0 Å². The van der Waals surface area contributed by atoms with Gasteiger partial charge in [0.15, 0.2) is 6.10 Å². The van der Waals surface area contributed by atoms with Crippen LogP contribution in [0.2, 0.25) is 0 Å². The van der Waals surface area contributed by atoms with Gasteiger partial charge in [-0.3, -0.25) is 4.79 Å². The van der Waals surface area contributed by atoms with Crippen molar-refractivity contribution in [1.82, 2.24) is 4.90 Å². The van der Waals surface area contributed by atoms with Crippen molar-refractivity contribution in [1.29, 1.82) is 0 Å². The van der Waals surface area contributed by atoms with Crippen LogP contribution < -0.4 is 0 Å².